The number of aryl methyl sites for hydroxylation is 1. The number of hydrogen-bond donors (Lipinski definition) is 2. The van der Waals surface area contributed by atoms with Gasteiger partial charge in [-0.3, -0.25) is 4.90 Å². The molecule has 0 radical (unpaired) electrons. The van der Waals surface area contributed by atoms with E-state index >= 15 is 0 Å². The number of amides is 2. The molecular formula is C24H37N3O3. The summed E-state index contributed by atoms with van der Waals surface area (Å²) in [5, 5.41) is 5.64. The first-order valence-corrected chi connectivity index (χ1v) is 10.9. The second-order valence-electron chi connectivity index (χ2n) is 6.23. The number of carbonyl (C=O) groups is 1. The summed E-state index contributed by atoms with van der Waals surface area (Å²) in [6.07, 6.45) is 0. The number of nitrogens with zero attached hydrogens (tertiary/aromatic N) is 1. The van der Waals surface area contributed by atoms with Crippen molar-refractivity contribution in [3.63, 3.8) is 0 Å². The van der Waals surface area contributed by atoms with Crippen LogP contribution < -0.4 is 15.4 Å². The van der Waals surface area contributed by atoms with Crippen LogP contribution in [0.4, 0.5) is 16.2 Å². The monoisotopic (exact) mass is 415 g/mol. The van der Waals surface area contributed by atoms with Crippen molar-refractivity contribution in [3.05, 3.63) is 54.1 Å². The highest BCUT2D eigenvalue weighted by Gasteiger charge is 2.11. The number of nitrogens with one attached hydrogen (secondary N) is 2. The van der Waals surface area contributed by atoms with Gasteiger partial charge >= 0.3 is 6.03 Å². The normalized spacial score (nSPS) is 13.1. The fourth-order valence-electron chi connectivity index (χ4n) is 2.76. The lowest BCUT2D eigenvalue weighted by Gasteiger charge is -2.26. The topological polar surface area (TPSA) is 62.8 Å². The number of morpholine rings is 1. The first-order valence-electron chi connectivity index (χ1n) is 10.9. The minimum absolute atomic E-state index is 0.278. The van der Waals surface area contributed by atoms with E-state index in [1.54, 1.807) is 0 Å². The van der Waals surface area contributed by atoms with Gasteiger partial charge in [-0.05, 0) is 30.7 Å². The Morgan fingerprint density at radius 2 is 1.60 bits per heavy atom. The van der Waals surface area contributed by atoms with Crippen LogP contribution in [0.5, 0.6) is 5.75 Å². The van der Waals surface area contributed by atoms with Crippen molar-refractivity contribution in [2.45, 2.75) is 34.6 Å². The Morgan fingerprint density at radius 1 is 0.967 bits per heavy atom. The van der Waals surface area contributed by atoms with Crippen LogP contribution in [-0.2, 0) is 4.74 Å². The van der Waals surface area contributed by atoms with Gasteiger partial charge in [-0.15, -0.1) is 0 Å². The average Bonchev–Trinajstić information content (AvgIpc) is 2.80. The predicted octanol–water partition coefficient (Wildman–Crippen LogP) is 5.40. The number of anilines is 2. The summed E-state index contributed by atoms with van der Waals surface area (Å²) >= 11 is 0. The molecule has 166 valence electrons. The molecule has 1 aliphatic rings. The summed E-state index contributed by atoms with van der Waals surface area (Å²) in [5.74, 6) is 0.788. The molecule has 0 aliphatic carbocycles. The molecule has 6 nitrogen and oxygen atoms in total. The van der Waals surface area contributed by atoms with Gasteiger partial charge in [0.05, 0.1) is 13.2 Å². The third-order valence-corrected chi connectivity index (χ3v) is 4.25. The molecule has 3 rings (SSSR count). The van der Waals surface area contributed by atoms with Crippen LogP contribution in [0.25, 0.3) is 0 Å². The van der Waals surface area contributed by atoms with Crippen molar-refractivity contribution in [3.8, 4) is 5.75 Å². The van der Waals surface area contributed by atoms with Crippen LogP contribution in [-0.4, -0.2) is 50.4 Å². The van der Waals surface area contributed by atoms with Crippen molar-refractivity contribution < 1.29 is 14.3 Å². The third-order valence-electron chi connectivity index (χ3n) is 4.25. The number of benzene rings is 2. The summed E-state index contributed by atoms with van der Waals surface area (Å²) in [6, 6.07) is 14.7. The van der Waals surface area contributed by atoms with E-state index < -0.39 is 0 Å². The SMILES string of the molecule is CC.CC.Cc1ccc(NC(=O)Nc2ccccc2)cc1OCCN1CCOCC1. The molecular weight excluding hydrogens is 378 g/mol. The van der Waals surface area contributed by atoms with Crippen LogP contribution in [0, 0.1) is 6.92 Å². The van der Waals surface area contributed by atoms with Crippen LogP contribution >= 0.6 is 0 Å². The Bertz CT molecular complexity index is 717. The van der Waals surface area contributed by atoms with Gasteiger partial charge in [0.25, 0.3) is 0 Å². The van der Waals surface area contributed by atoms with Gasteiger partial charge in [0.1, 0.15) is 12.4 Å². The summed E-state index contributed by atoms with van der Waals surface area (Å²) in [4.78, 5) is 14.4. The Hall–Kier alpha value is -2.57. The fraction of sp³-hybridized carbons (Fsp3) is 0.458. The molecule has 0 aromatic heterocycles. The van der Waals surface area contributed by atoms with E-state index in [4.69, 9.17) is 9.47 Å². The lowest BCUT2D eigenvalue weighted by Crippen LogP contribution is -2.38. The minimum atomic E-state index is -0.278. The molecule has 1 heterocycles. The molecule has 6 heteroatoms. The first kappa shape index (κ1) is 25.5. The largest absolute Gasteiger partial charge is 0.492 e. The van der Waals surface area contributed by atoms with Crippen LogP contribution in [0.1, 0.15) is 33.3 Å². The zero-order chi connectivity index (χ0) is 22.2. The Labute approximate surface area is 181 Å². The molecule has 1 aliphatic heterocycles. The number of para-hydroxylation sites is 1. The van der Waals surface area contributed by atoms with Gasteiger partial charge in [0, 0.05) is 37.1 Å². The van der Waals surface area contributed by atoms with Gasteiger partial charge < -0.3 is 20.1 Å². The van der Waals surface area contributed by atoms with Crippen molar-refractivity contribution >= 4 is 17.4 Å². The number of carbonyl (C=O) groups excluding carboxylic acids is 1. The molecule has 0 saturated carbocycles. The lowest BCUT2D eigenvalue weighted by molar-refractivity contribution is 0.0322. The number of ether oxygens (including phenoxy) is 2. The number of urea groups is 1. The maximum atomic E-state index is 12.1. The predicted molar refractivity (Wildman–Crippen MR) is 126 cm³/mol. The maximum absolute atomic E-state index is 12.1. The second kappa shape index (κ2) is 15.3. The van der Waals surface area contributed by atoms with Crippen LogP contribution in [0.3, 0.4) is 0 Å². The molecule has 2 amide bonds. The van der Waals surface area contributed by atoms with Gasteiger partial charge in [0.15, 0.2) is 0 Å². The Kier molecular flexibility index (Phi) is 13.0. The molecule has 0 atom stereocenters. The van der Waals surface area contributed by atoms with Crippen molar-refractivity contribution in [1.82, 2.24) is 4.90 Å². The maximum Gasteiger partial charge on any atom is 0.323 e. The Balaban J connectivity index is 0.00000106. The molecule has 2 aromatic rings. The smallest absolute Gasteiger partial charge is 0.323 e. The van der Waals surface area contributed by atoms with E-state index in [0.29, 0.717) is 12.3 Å². The van der Waals surface area contributed by atoms with Gasteiger partial charge in [-0.2, -0.15) is 0 Å². The average molecular weight is 416 g/mol. The molecule has 0 unspecified atom stereocenters. The van der Waals surface area contributed by atoms with Gasteiger partial charge in [0.2, 0.25) is 0 Å². The van der Waals surface area contributed by atoms with Crippen molar-refractivity contribution in [2.75, 3.05) is 50.1 Å². The molecule has 1 fully saturated rings. The highest BCUT2D eigenvalue weighted by molar-refractivity contribution is 5.99. The minimum Gasteiger partial charge on any atom is -0.492 e. The van der Waals surface area contributed by atoms with Crippen molar-refractivity contribution in [2.24, 2.45) is 0 Å². The summed E-state index contributed by atoms with van der Waals surface area (Å²) in [6.45, 7) is 14.9. The van der Waals surface area contributed by atoms with E-state index in [2.05, 4.69) is 15.5 Å². The quantitative estimate of drug-likeness (QED) is 0.663. The van der Waals surface area contributed by atoms with E-state index in [-0.39, 0.29) is 6.03 Å². The highest BCUT2D eigenvalue weighted by atomic mass is 16.5. The third kappa shape index (κ3) is 9.29. The lowest BCUT2D eigenvalue weighted by atomic mass is 10.2. The molecule has 30 heavy (non-hydrogen) atoms. The van der Waals surface area contributed by atoms with E-state index in [1.165, 1.54) is 0 Å². The van der Waals surface area contributed by atoms with E-state index in [1.807, 2.05) is 83.1 Å². The second-order valence-corrected chi connectivity index (χ2v) is 6.23. The zero-order valence-electron chi connectivity index (χ0n) is 19.0. The molecule has 1 saturated heterocycles. The standard InChI is InChI=1S/C20H25N3O3.2C2H6/c1-16-7-8-18(22-20(24)21-17-5-3-2-4-6-17)15-19(16)26-14-11-23-9-12-25-13-10-23;2*1-2/h2-8,15H,9-14H2,1H3,(H2,21,22,24);2*1-2H3. The number of hydrogen-bond acceptors (Lipinski definition) is 4. The molecule has 2 aromatic carbocycles. The van der Waals surface area contributed by atoms with Gasteiger partial charge in [-0.25, -0.2) is 4.79 Å². The molecule has 2 N–H and O–H groups in total. The van der Waals surface area contributed by atoms with Gasteiger partial charge in [-0.1, -0.05) is 52.0 Å². The van der Waals surface area contributed by atoms with E-state index in [0.717, 1.165) is 49.8 Å². The highest BCUT2D eigenvalue weighted by Crippen LogP contribution is 2.23. The van der Waals surface area contributed by atoms with Crippen LogP contribution in [0.2, 0.25) is 0 Å². The summed E-state index contributed by atoms with van der Waals surface area (Å²) < 4.78 is 11.3. The van der Waals surface area contributed by atoms with E-state index in [9.17, 15) is 4.79 Å². The summed E-state index contributed by atoms with van der Waals surface area (Å²) in [5.41, 5.74) is 2.49. The Morgan fingerprint density at radius 3 is 2.27 bits per heavy atom. The molecule has 0 spiro atoms. The van der Waals surface area contributed by atoms with Crippen LogP contribution in [0.15, 0.2) is 48.5 Å². The van der Waals surface area contributed by atoms with Crippen molar-refractivity contribution in [1.29, 1.82) is 0 Å². The number of rotatable bonds is 6. The summed E-state index contributed by atoms with van der Waals surface area (Å²) in [7, 11) is 0. The fourth-order valence-corrected chi connectivity index (χ4v) is 2.76. The first-order chi connectivity index (χ1) is 14.7. The molecule has 0 bridgehead atoms. The zero-order valence-corrected chi connectivity index (χ0v) is 19.0.